The van der Waals surface area contributed by atoms with Crippen molar-refractivity contribution in [3.8, 4) is 0 Å². The molecule has 25 heavy (non-hydrogen) atoms. The molecule has 0 saturated carbocycles. The van der Waals surface area contributed by atoms with Crippen molar-refractivity contribution >= 4 is 11.6 Å². The van der Waals surface area contributed by atoms with Crippen LogP contribution in [-0.4, -0.2) is 17.4 Å². The van der Waals surface area contributed by atoms with Crippen molar-refractivity contribution in [3.63, 3.8) is 0 Å². The van der Waals surface area contributed by atoms with Crippen molar-refractivity contribution < 1.29 is 4.79 Å². The summed E-state index contributed by atoms with van der Waals surface area (Å²) in [7, 11) is 0. The van der Waals surface area contributed by atoms with Crippen LogP contribution in [0.2, 0.25) is 0 Å². The predicted octanol–water partition coefficient (Wildman–Crippen LogP) is 4.05. The highest BCUT2D eigenvalue weighted by molar-refractivity contribution is 5.95. The van der Waals surface area contributed by atoms with Gasteiger partial charge in [0.2, 0.25) is 0 Å². The average Bonchev–Trinajstić information content (AvgIpc) is 3.16. The second kappa shape index (κ2) is 6.71. The van der Waals surface area contributed by atoms with Crippen LogP contribution in [0.5, 0.6) is 0 Å². The number of nitrogens with zero attached hydrogens (tertiary/aromatic N) is 1. The zero-order chi connectivity index (χ0) is 17.2. The third kappa shape index (κ3) is 2.93. The first-order valence-corrected chi connectivity index (χ1v) is 9.03. The molecule has 1 aromatic heterocycles. The van der Waals surface area contributed by atoms with Crippen molar-refractivity contribution in [1.29, 1.82) is 0 Å². The molecule has 0 radical (unpaired) electrons. The topological polar surface area (TPSA) is 54.0 Å². The Bertz CT molecular complexity index is 800. The Morgan fingerprint density at radius 2 is 2.28 bits per heavy atom. The van der Waals surface area contributed by atoms with Crippen LogP contribution < -0.4 is 10.6 Å². The molecule has 2 heterocycles. The fraction of sp³-hybridized carbons (Fsp3) is 0.333. The van der Waals surface area contributed by atoms with Crippen molar-refractivity contribution in [2.45, 2.75) is 31.7 Å². The molecule has 3 atom stereocenters. The number of allylic oxidation sites excluding steroid dienone is 2. The summed E-state index contributed by atoms with van der Waals surface area (Å²) in [6, 6.07) is 10.4. The lowest BCUT2D eigenvalue weighted by Gasteiger charge is -2.37. The van der Waals surface area contributed by atoms with E-state index >= 15 is 0 Å². The molecule has 128 valence electrons. The second-order valence-electron chi connectivity index (χ2n) is 6.82. The van der Waals surface area contributed by atoms with E-state index in [0.717, 1.165) is 24.1 Å². The van der Waals surface area contributed by atoms with Crippen LogP contribution in [0.25, 0.3) is 0 Å². The van der Waals surface area contributed by atoms with E-state index in [2.05, 4.69) is 46.8 Å². The summed E-state index contributed by atoms with van der Waals surface area (Å²) in [5.74, 6) is 0.823. The van der Waals surface area contributed by atoms with Gasteiger partial charge >= 0.3 is 0 Å². The fourth-order valence-corrected chi connectivity index (χ4v) is 3.97. The van der Waals surface area contributed by atoms with E-state index in [4.69, 9.17) is 0 Å². The van der Waals surface area contributed by atoms with Gasteiger partial charge in [0.05, 0.1) is 6.04 Å². The van der Waals surface area contributed by atoms with E-state index in [-0.39, 0.29) is 11.9 Å². The number of fused-ring (bicyclic) bond motifs is 3. The zero-order valence-electron chi connectivity index (χ0n) is 14.4. The summed E-state index contributed by atoms with van der Waals surface area (Å²) in [4.78, 5) is 16.6. The van der Waals surface area contributed by atoms with Gasteiger partial charge in [-0.25, -0.2) is 0 Å². The molecule has 0 spiro atoms. The Hall–Kier alpha value is -2.62. The number of nitrogens with one attached hydrogen (secondary N) is 2. The maximum absolute atomic E-state index is 12.3. The molecular weight excluding hydrogens is 310 g/mol. The molecule has 2 aromatic rings. The highest BCUT2D eigenvalue weighted by Crippen LogP contribution is 2.49. The van der Waals surface area contributed by atoms with E-state index in [9.17, 15) is 4.79 Å². The first kappa shape index (κ1) is 15.9. The lowest BCUT2D eigenvalue weighted by molar-refractivity contribution is 0.0953. The van der Waals surface area contributed by atoms with Crippen LogP contribution in [0.1, 0.15) is 53.2 Å². The third-order valence-corrected chi connectivity index (χ3v) is 5.20. The number of benzene rings is 1. The normalized spacial score (nSPS) is 23.5. The van der Waals surface area contributed by atoms with Gasteiger partial charge in [-0.3, -0.25) is 9.78 Å². The summed E-state index contributed by atoms with van der Waals surface area (Å²) in [6.45, 7) is 2.77. The Kier molecular flexibility index (Phi) is 4.26. The lowest BCUT2D eigenvalue weighted by Crippen LogP contribution is -2.30. The highest BCUT2D eigenvalue weighted by Gasteiger charge is 2.38. The minimum atomic E-state index is 0.0116. The molecule has 4 heteroatoms. The van der Waals surface area contributed by atoms with Crippen LogP contribution in [0.3, 0.4) is 0 Å². The van der Waals surface area contributed by atoms with E-state index in [1.807, 2.05) is 30.6 Å². The Morgan fingerprint density at radius 1 is 1.36 bits per heavy atom. The standard InChI is InChI=1S/C21H23N3O/c1-2-10-23-21(25)14-8-9-19-18(12-14)16-6-3-7-17(16)20(24-19)15-5-4-11-22-13-15/h3-6,8-9,11-13,16-17,20,24H,2,7,10H2,1H3,(H,23,25). The van der Waals surface area contributed by atoms with E-state index in [0.29, 0.717) is 18.4 Å². The van der Waals surface area contributed by atoms with Crippen molar-refractivity contribution in [2.75, 3.05) is 11.9 Å². The maximum atomic E-state index is 12.3. The zero-order valence-corrected chi connectivity index (χ0v) is 14.4. The number of anilines is 1. The molecule has 0 saturated heterocycles. The first-order valence-electron chi connectivity index (χ1n) is 9.03. The smallest absolute Gasteiger partial charge is 0.251 e. The van der Waals surface area contributed by atoms with Crippen LogP contribution in [-0.2, 0) is 0 Å². The minimum Gasteiger partial charge on any atom is -0.378 e. The lowest BCUT2D eigenvalue weighted by atomic mass is 9.77. The highest BCUT2D eigenvalue weighted by atomic mass is 16.1. The summed E-state index contributed by atoms with van der Waals surface area (Å²) < 4.78 is 0. The average molecular weight is 333 g/mol. The van der Waals surface area contributed by atoms with E-state index in [1.54, 1.807) is 0 Å². The molecule has 1 aliphatic heterocycles. The molecule has 0 fully saturated rings. The number of carbonyl (C=O) groups is 1. The van der Waals surface area contributed by atoms with Crippen LogP contribution in [0.4, 0.5) is 5.69 Å². The summed E-state index contributed by atoms with van der Waals surface area (Å²) in [5.41, 5.74) is 4.31. The Balaban J connectivity index is 1.67. The third-order valence-electron chi connectivity index (χ3n) is 5.20. The number of hydrogen-bond donors (Lipinski definition) is 2. The van der Waals surface area contributed by atoms with Gasteiger partial charge < -0.3 is 10.6 Å². The molecule has 4 rings (SSSR count). The molecule has 1 aromatic carbocycles. The van der Waals surface area contributed by atoms with Crippen LogP contribution >= 0.6 is 0 Å². The van der Waals surface area contributed by atoms with Crippen LogP contribution in [0.15, 0.2) is 54.9 Å². The SMILES string of the molecule is CCCNC(=O)c1ccc2c(c1)C1C=CCC1C(c1cccnc1)N2. The summed E-state index contributed by atoms with van der Waals surface area (Å²) in [5, 5.41) is 6.65. The number of amides is 1. The number of pyridine rings is 1. The number of aromatic nitrogens is 1. The number of carbonyl (C=O) groups excluding carboxylic acids is 1. The maximum Gasteiger partial charge on any atom is 0.251 e. The van der Waals surface area contributed by atoms with Crippen molar-refractivity contribution in [3.05, 3.63) is 71.6 Å². The summed E-state index contributed by atoms with van der Waals surface area (Å²) >= 11 is 0. The largest absolute Gasteiger partial charge is 0.378 e. The molecule has 0 bridgehead atoms. The second-order valence-corrected chi connectivity index (χ2v) is 6.82. The minimum absolute atomic E-state index is 0.0116. The van der Waals surface area contributed by atoms with Crippen molar-refractivity contribution in [1.82, 2.24) is 10.3 Å². The molecule has 4 nitrogen and oxygen atoms in total. The molecule has 1 amide bonds. The quantitative estimate of drug-likeness (QED) is 0.830. The van der Waals surface area contributed by atoms with Gasteiger partial charge in [0.15, 0.2) is 0 Å². The van der Waals surface area contributed by atoms with Gasteiger partial charge in [0.25, 0.3) is 5.91 Å². The number of rotatable bonds is 4. The van der Waals surface area contributed by atoms with Gasteiger partial charge in [-0.1, -0.05) is 25.1 Å². The molecule has 1 aliphatic carbocycles. The van der Waals surface area contributed by atoms with Gasteiger partial charge in [-0.15, -0.1) is 0 Å². The number of hydrogen-bond acceptors (Lipinski definition) is 3. The summed E-state index contributed by atoms with van der Waals surface area (Å²) in [6.07, 6.45) is 10.3. The molecular formula is C21H23N3O. The molecule has 2 N–H and O–H groups in total. The van der Waals surface area contributed by atoms with Gasteiger partial charge in [-0.05, 0) is 54.2 Å². The Morgan fingerprint density at radius 3 is 3.08 bits per heavy atom. The van der Waals surface area contributed by atoms with Gasteiger partial charge in [-0.2, -0.15) is 0 Å². The van der Waals surface area contributed by atoms with Gasteiger partial charge in [0, 0.05) is 36.1 Å². The molecule has 3 unspecified atom stereocenters. The van der Waals surface area contributed by atoms with Crippen LogP contribution in [0, 0.1) is 5.92 Å². The monoisotopic (exact) mass is 333 g/mol. The van der Waals surface area contributed by atoms with E-state index < -0.39 is 0 Å². The van der Waals surface area contributed by atoms with Gasteiger partial charge in [0.1, 0.15) is 0 Å². The molecule has 2 aliphatic rings. The Labute approximate surface area is 148 Å². The van der Waals surface area contributed by atoms with E-state index in [1.165, 1.54) is 11.1 Å². The first-order chi connectivity index (χ1) is 12.3. The fourth-order valence-electron chi connectivity index (χ4n) is 3.97. The van der Waals surface area contributed by atoms with Crippen molar-refractivity contribution in [2.24, 2.45) is 5.92 Å². The predicted molar refractivity (Wildman–Crippen MR) is 99.7 cm³/mol.